The number of hydrogen-bond acceptors (Lipinski definition) is 3. The second-order valence-electron chi connectivity index (χ2n) is 6.47. The highest BCUT2D eigenvalue weighted by Gasteiger charge is 2.22. The maximum Gasteiger partial charge on any atom is 0.240 e. The third-order valence-electron chi connectivity index (χ3n) is 4.46. The topological polar surface area (TPSA) is 66.5 Å². The van der Waals surface area contributed by atoms with Crippen LogP contribution in [0.5, 0.6) is 0 Å². The molecule has 0 bridgehead atoms. The quantitative estimate of drug-likeness (QED) is 0.651. The molecule has 1 N–H and O–H groups in total. The predicted molar refractivity (Wildman–Crippen MR) is 104 cm³/mol. The lowest BCUT2D eigenvalue weighted by Crippen LogP contribution is -2.42. The average molecular weight is 369 g/mol. The molecule has 0 heterocycles. The molecule has 1 amide bonds. The number of nitrogens with zero attached hydrogens (tertiary/aromatic N) is 1. The number of amides is 1. The summed E-state index contributed by atoms with van der Waals surface area (Å²) in [6, 6.07) is 7.32. The summed E-state index contributed by atoms with van der Waals surface area (Å²) in [5, 5.41) is 2.91. The zero-order valence-corrected chi connectivity index (χ0v) is 16.7. The van der Waals surface area contributed by atoms with Gasteiger partial charge in [-0.25, -0.2) is 8.42 Å². The van der Waals surface area contributed by atoms with E-state index in [0.29, 0.717) is 24.6 Å². The van der Waals surface area contributed by atoms with E-state index in [2.05, 4.69) is 19.2 Å². The van der Waals surface area contributed by atoms with E-state index in [4.69, 9.17) is 0 Å². The molecule has 0 aromatic heterocycles. The van der Waals surface area contributed by atoms with Crippen LogP contribution in [0.2, 0.25) is 0 Å². The van der Waals surface area contributed by atoms with Gasteiger partial charge in [-0.05, 0) is 30.4 Å². The van der Waals surface area contributed by atoms with Crippen molar-refractivity contribution >= 4 is 21.6 Å². The minimum atomic E-state index is -3.53. The molecule has 0 aliphatic rings. The zero-order chi connectivity index (χ0) is 18.9. The Morgan fingerprint density at radius 3 is 2.44 bits per heavy atom. The monoisotopic (exact) mass is 368 g/mol. The van der Waals surface area contributed by atoms with E-state index in [-0.39, 0.29) is 12.5 Å². The summed E-state index contributed by atoms with van der Waals surface area (Å²) < 4.78 is 25.6. The van der Waals surface area contributed by atoms with E-state index in [0.717, 1.165) is 37.5 Å². The van der Waals surface area contributed by atoms with Crippen LogP contribution in [0.1, 0.15) is 52.0 Å². The zero-order valence-electron chi connectivity index (χ0n) is 15.9. The van der Waals surface area contributed by atoms with Crippen LogP contribution < -0.4 is 9.62 Å². The highest BCUT2D eigenvalue weighted by Crippen LogP contribution is 2.23. The molecular formula is C19H32N2O3S. The maximum atomic E-state index is 12.4. The molecule has 0 radical (unpaired) electrons. The lowest BCUT2D eigenvalue weighted by molar-refractivity contribution is -0.119. The van der Waals surface area contributed by atoms with Gasteiger partial charge in [0.15, 0.2) is 0 Å². The van der Waals surface area contributed by atoms with Gasteiger partial charge in [0.1, 0.15) is 6.54 Å². The second kappa shape index (κ2) is 10.4. The summed E-state index contributed by atoms with van der Waals surface area (Å²) in [7, 11) is -3.53. The Morgan fingerprint density at radius 2 is 1.88 bits per heavy atom. The number of nitrogens with one attached hydrogen (secondary N) is 1. The first-order chi connectivity index (χ1) is 11.8. The minimum Gasteiger partial charge on any atom is -0.354 e. The van der Waals surface area contributed by atoms with Gasteiger partial charge >= 0.3 is 0 Å². The lowest BCUT2D eigenvalue weighted by atomic mass is 9.99. The van der Waals surface area contributed by atoms with Gasteiger partial charge in [-0.1, -0.05) is 58.2 Å². The molecular weight excluding hydrogens is 336 g/mol. The van der Waals surface area contributed by atoms with Gasteiger partial charge in [0.05, 0.1) is 11.9 Å². The first kappa shape index (κ1) is 21.5. The van der Waals surface area contributed by atoms with Crippen molar-refractivity contribution in [2.75, 3.05) is 23.7 Å². The molecule has 0 fully saturated rings. The van der Waals surface area contributed by atoms with Crippen LogP contribution in [-0.4, -0.2) is 33.7 Å². The number of hydrogen-bond donors (Lipinski definition) is 1. The van der Waals surface area contributed by atoms with Crippen molar-refractivity contribution in [3.05, 3.63) is 29.8 Å². The van der Waals surface area contributed by atoms with Gasteiger partial charge in [-0.15, -0.1) is 0 Å². The summed E-state index contributed by atoms with van der Waals surface area (Å²) in [5.41, 5.74) is 1.50. The number of aryl methyl sites for hydroxylation is 1. The van der Waals surface area contributed by atoms with Gasteiger partial charge in [0, 0.05) is 6.54 Å². The van der Waals surface area contributed by atoms with Gasteiger partial charge < -0.3 is 5.32 Å². The number of benzene rings is 1. The van der Waals surface area contributed by atoms with E-state index in [1.807, 2.05) is 19.1 Å². The molecule has 0 aliphatic heterocycles. The number of rotatable bonds is 11. The molecule has 6 heteroatoms. The number of sulfonamides is 1. The third kappa shape index (κ3) is 7.06. The Kier molecular flexibility index (Phi) is 8.97. The maximum absolute atomic E-state index is 12.4. The molecule has 1 atom stereocenters. The predicted octanol–water partition coefficient (Wildman–Crippen LogP) is 3.35. The highest BCUT2D eigenvalue weighted by atomic mass is 32.2. The molecule has 0 spiro atoms. The van der Waals surface area contributed by atoms with Crippen LogP contribution in [0.25, 0.3) is 0 Å². The highest BCUT2D eigenvalue weighted by molar-refractivity contribution is 7.92. The number of unbranched alkanes of at least 4 members (excludes halogenated alkanes) is 1. The largest absolute Gasteiger partial charge is 0.354 e. The Labute approximate surface area is 152 Å². The molecule has 142 valence electrons. The first-order valence-electron chi connectivity index (χ1n) is 9.15. The van der Waals surface area contributed by atoms with Crippen LogP contribution >= 0.6 is 0 Å². The molecule has 1 rings (SSSR count). The summed E-state index contributed by atoms with van der Waals surface area (Å²) in [6.07, 6.45) is 6.23. The van der Waals surface area contributed by atoms with Crippen molar-refractivity contribution in [2.24, 2.45) is 5.92 Å². The normalized spacial score (nSPS) is 12.6. The number of anilines is 1. The van der Waals surface area contributed by atoms with Crippen molar-refractivity contribution in [2.45, 2.75) is 52.9 Å². The molecule has 1 aromatic carbocycles. The SMILES string of the molecule is CCCCC(CC)CNC(=O)CN(c1ccccc1CC)S(C)(=O)=O. The number of carbonyl (C=O) groups excluding carboxylic acids is 1. The van der Waals surface area contributed by atoms with Crippen LogP contribution in [0.3, 0.4) is 0 Å². The molecule has 0 aliphatic carbocycles. The average Bonchev–Trinajstić information content (AvgIpc) is 2.59. The first-order valence-corrected chi connectivity index (χ1v) is 11.0. The summed E-state index contributed by atoms with van der Waals surface area (Å²) >= 11 is 0. The second-order valence-corrected chi connectivity index (χ2v) is 8.38. The van der Waals surface area contributed by atoms with Gasteiger partial charge in [0.2, 0.25) is 15.9 Å². The number of para-hydroxylation sites is 1. The van der Waals surface area contributed by atoms with Crippen molar-refractivity contribution in [1.29, 1.82) is 0 Å². The van der Waals surface area contributed by atoms with Crippen LogP contribution in [0.15, 0.2) is 24.3 Å². The van der Waals surface area contributed by atoms with Crippen LogP contribution in [0.4, 0.5) is 5.69 Å². The van der Waals surface area contributed by atoms with Gasteiger partial charge in [-0.3, -0.25) is 9.10 Å². The van der Waals surface area contributed by atoms with Gasteiger partial charge in [0.25, 0.3) is 0 Å². The van der Waals surface area contributed by atoms with Crippen LogP contribution in [0, 0.1) is 5.92 Å². The fraction of sp³-hybridized carbons (Fsp3) is 0.632. The summed E-state index contributed by atoms with van der Waals surface area (Å²) in [5.74, 6) is 0.185. The van der Waals surface area contributed by atoms with E-state index in [9.17, 15) is 13.2 Å². The van der Waals surface area contributed by atoms with E-state index in [1.165, 1.54) is 4.31 Å². The molecule has 25 heavy (non-hydrogen) atoms. The van der Waals surface area contributed by atoms with E-state index in [1.54, 1.807) is 12.1 Å². The minimum absolute atomic E-state index is 0.180. The van der Waals surface area contributed by atoms with E-state index < -0.39 is 10.0 Å². The fourth-order valence-electron chi connectivity index (χ4n) is 2.82. The number of carbonyl (C=O) groups is 1. The van der Waals surface area contributed by atoms with Crippen molar-refractivity contribution in [1.82, 2.24) is 5.32 Å². The van der Waals surface area contributed by atoms with Gasteiger partial charge in [-0.2, -0.15) is 0 Å². The fourth-order valence-corrected chi connectivity index (χ4v) is 3.71. The van der Waals surface area contributed by atoms with Crippen LogP contribution in [-0.2, 0) is 21.2 Å². The standard InChI is InChI=1S/C19H32N2O3S/c1-5-8-11-16(6-2)14-20-19(22)15-21(25(4,23)24)18-13-10-9-12-17(18)7-3/h9-10,12-13,16H,5-8,11,14-15H2,1-4H3,(H,20,22). The third-order valence-corrected chi connectivity index (χ3v) is 5.59. The Balaban J connectivity index is 2.81. The molecule has 5 nitrogen and oxygen atoms in total. The molecule has 0 saturated carbocycles. The molecule has 1 aromatic rings. The van der Waals surface area contributed by atoms with Crippen molar-refractivity contribution in [3.8, 4) is 0 Å². The Bertz CT molecular complexity index is 644. The summed E-state index contributed by atoms with van der Waals surface area (Å²) in [6.45, 7) is 6.66. The Morgan fingerprint density at radius 1 is 1.20 bits per heavy atom. The van der Waals surface area contributed by atoms with E-state index >= 15 is 0 Å². The lowest BCUT2D eigenvalue weighted by Gasteiger charge is -2.24. The van der Waals surface area contributed by atoms with Crippen molar-refractivity contribution in [3.63, 3.8) is 0 Å². The smallest absolute Gasteiger partial charge is 0.240 e. The summed E-state index contributed by atoms with van der Waals surface area (Å²) in [4.78, 5) is 12.4. The molecule has 0 saturated heterocycles. The Hall–Kier alpha value is -1.56. The van der Waals surface area contributed by atoms with Crippen molar-refractivity contribution < 1.29 is 13.2 Å². The molecule has 1 unspecified atom stereocenters.